The lowest BCUT2D eigenvalue weighted by Crippen LogP contribution is -2.01. The number of carboxylic acids is 1. The maximum absolute atomic E-state index is 11.0. The minimum absolute atomic E-state index is 0.0221. The first-order valence-electron chi connectivity index (χ1n) is 4.87. The predicted molar refractivity (Wildman–Crippen MR) is 62.1 cm³/mol. The van der Waals surface area contributed by atoms with Crippen molar-refractivity contribution in [3.05, 3.63) is 48.3 Å². The van der Waals surface area contributed by atoms with E-state index in [1.54, 1.807) is 24.4 Å². The van der Waals surface area contributed by atoms with Crippen LogP contribution < -0.4 is 10.5 Å². The molecule has 17 heavy (non-hydrogen) atoms. The van der Waals surface area contributed by atoms with Gasteiger partial charge in [0.25, 0.3) is 0 Å². The number of anilines is 1. The van der Waals surface area contributed by atoms with Gasteiger partial charge in [0.15, 0.2) is 0 Å². The quantitative estimate of drug-likeness (QED) is 0.789. The van der Waals surface area contributed by atoms with Crippen LogP contribution in [0.5, 0.6) is 11.5 Å². The number of pyridine rings is 1. The Balaban J connectivity index is 2.36. The number of nitrogen functional groups attached to an aromatic ring is 1. The molecular weight excluding hydrogens is 220 g/mol. The predicted octanol–water partition coefficient (Wildman–Crippen LogP) is 2.15. The number of rotatable bonds is 3. The summed E-state index contributed by atoms with van der Waals surface area (Å²) < 4.78 is 5.43. The molecule has 0 bridgehead atoms. The van der Waals surface area contributed by atoms with Crippen LogP contribution in [0.15, 0.2) is 42.7 Å². The summed E-state index contributed by atoms with van der Waals surface area (Å²) in [6.07, 6.45) is 3.11. The first-order chi connectivity index (χ1) is 8.16. The van der Waals surface area contributed by atoms with Crippen LogP contribution in [0.2, 0.25) is 0 Å². The Morgan fingerprint density at radius 2 is 2.18 bits per heavy atom. The molecule has 0 aliphatic heterocycles. The summed E-state index contributed by atoms with van der Waals surface area (Å²) in [5, 5.41) is 9.02. The molecule has 2 aromatic rings. The summed E-state index contributed by atoms with van der Waals surface area (Å²) in [6, 6.07) is 7.85. The minimum Gasteiger partial charge on any atom is -0.478 e. The molecule has 1 aromatic heterocycles. The van der Waals surface area contributed by atoms with Crippen molar-refractivity contribution in [1.29, 1.82) is 0 Å². The van der Waals surface area contributed by atoms with E-state index < -0.39 is 5.97 Å². The largest absolute Gasteiger partial charge is 0.478 e. The van der Waals surface area contributed by atoms with Crippen molar-refractivity contribution >= 4 is 11.7 Å². The van der Waals surface area contributed by atoms with E-state index in [4.69, 9.17) is 15.6 Å². The third kappa shape index (κ3) is 2.52. The fraction of sp³-hybridized carbons (Fsp3) is 0. The standard InChI is InChI=1S/C12H10N2O3/c13-8-3-4-11(10(6-8)12(15)16)17-9-2-1-5-14-7-9/h1-7H,13H2,(H,15,16). The molecule has 0 saturated heterocycles. The van der Waals surface area contributed by atoms with Gasteiger partial charge in [0.1, 0.15) is 17.1 Å². The van der Waals surface area contributed by atoms with Crippen molar-refractivity contribution in [2.24, 2.45) is 0 Å². The highest BCUT2D eigenvalue weighted by molar-refractivity contribution is 5.92. The van der Waals surface area contributed by atoms with Gasteiger partial charge in [0.2, 0.25) is 0 Å². The molecule has 0 radical (unpaired) electrons. The van der Waals surface area contributed by atoms with E-state index in [9.17, 15) is 4.79 Å². The van der Waals surface area contributed by atoms with Crippen molar-refractivity contribution < 1.29 is 14.6 Å². The van der Waals surface area contributed by atoms with Crippen LogP contribution in [-0.4, -0.2) is 16.1 Å². The molecule has 5 heteroatoms. The zero-order valence-corrected chi connectivity index (χ0v) is 8.83. The molecule has 0 spiro atoms. The molecule has 1 heterocycles. The van der Waals surface area contributed by atoms with E-state index in [0.717, 1.165) is 0 Å². The topological polar surface area (TPSA) is 85.4 Å². The van der Waals surface area contributed by atoms with Crippen LogP contribution >= 0.6 is 0 Å². The number of hydrogen-bond acceptors (Lipinski definition) is 4. The molecule has 2 rings (SSSR count). The highest BCUT2D eigenvalue weighted by atomic mass is 16.5. The second-order valence-corrected chi connectivity index (χ2v) is 3.35. The van der Waals surface area contributed by atoms with E-state index in [1.807, 2.05) is 0 Å². The maximum Gasteiger partial charge on any atom is 0.339 e. The number of nitrogens with two attached hydrogens (primary N) is 1. The summed E-state index contributed by atoms with van der Waals surface area (Å²) in [6.45, 7) is 0. The van der Waals surface area contributed by atoms with E-state index in [-0.39, 0.29) is 11.3 Å². The number of nitrogens with zero attached hydrogens (tertiary/aromatic N) is 1. The Kier molecular flexibility index (Phi) is 2.91. The monoisotopic (exact) mass is 230 g/mol. The van der Waals surface area contributed by atoms with E-state index in [0.29, 0.717) is 11.4 Å². The van der Waals surface area contributed by atoms with E-state index in [2.05, 4.69) is 4.98 Å². The molecule has 3 N–H and O–H groups in total. The molecule has 0 aliphatic carbocycles. The number of aromatic carboxylic acids is 1. The van der Waals surface area contributed by atoms with Crippen LogP contribution in [0.4, 0.5) is 5.69 Å². The van der Waals surface area contributed by atoms with Gasteiger partial charge >= 0.3 is 5.97 Å². The molecule has 86 valence electrons. The molecular formula is C12H10N2O3. The van der Waals surface area contributed by atoms with Gasteiger partial charge in [-0.15, -0.1) is 0 Å². The Bertz CT molecular complexity index is 541. The second-order valence-electron chi connectivity index (χ2n) is 3.35. The number of benzene rings is 1. The Morgan fingerprint density at radius 1 is 1.35 bits per heavy atom. The molecule has 0 unspecified atom stereocenters. The lowest BCUT2D eigenvalue weighted by atomic mass is 10.2. The van der Waals surface area contributed by atoms with Gasteiger partial charge in [-0.2, -0.15) is 0 Å². The Morgan fingerprint density at radius 3 is 2.82 bits per heavy atom. The third-order valence-electron chi connectivity index (χ3n) is 2.10. The Hall–Kier alpha value is -2.56. The number of hydrogen-bond donors (Lipinski definition) is 2. The maximum atomic E-state index is 11.0. The molecule has 1 aromatic carbocycles. The number of carbonyl (C=O) groups is 1. The molecule has 0 amide bonds. The van der Waals surface area contributed by atoms with E-state index in [1.165, 1.54) is 18.3 Å². The Labute approximate surface area is 97.5 Å². The van der Waals surface area contributed by atoms with Gasteiger partial charge in [-0.25, -0.2) is 4.79 Å². The van der Waals surface area contributed by atoms with E-state index >= 15 is 0 Å². The van der Waals surface area contributed by atoms with Gasteiger partial charge < -0.3 is 15.6 Å². The molecule has 0 aliphatic rings. The summed E-state index contributed by atoms with van der Waals surface area (Å²) in [7, 11) is 0. The van der Waals surface area contributed by atoms with Gasteiger partial charge in [0.05, 0.1) is 6.20 Å². The summed E-state index contributed by atoms with van der Waals surface area (Å²) in [4.78, 5) is 14.9. The SMILES string of the molecule is Nc1ccc(Oc2cccnc2)c(C(=O)O)c1. The van der Waals surface area contributed by atoms with Gasteiger partial charge in [0, 0.05) is 11.9 Å². The first kappa shape index (κ1) is 10.9. The second kappa shape index (κ2) is 4.52. The van der Waals surface area contributed by atoms with Crippen molar-refractivity contribution in [3.63, 3.8) is 0 Å². The van der Waals surface area contributed by atoms with Crippen molar-refractivity contribution in [2.45, 2.75) is 0 Å². The van der Waals surface area contributed by atoms with Gasteiger partial charge in [-0.3, -0.25) is 4.98 Å². The fourth-order valence-corrected chi connectivity index (χ4v) is 1.34. The lowest BCUT2D eigenvalue weighted by molar-refractivity contribution is 0.0694. The van der Waals surface area contributed by atoms with Crippen LogP contribution in [-0.2, 0) is 0 Å². The van der Waals surface area contributed by atoms with Gasteiger partial charge in [-0.05, 0) is 30.3 Å². The fourth-order valence-electron chi connectivity index (χ4n) is 1.34. The van der Waals surface area contributed by atoms with Crippen LogP contribution in [0.1, 0.15) is 10.4 Å². The van der Waals surface area contributed by atoms with Crippen molar-refractivity contribution in [3.8, 4) is 11.5 Å². The van der Waals surface area contributed by atoms with Crippen molar-refractivity contribution in [2.75, 3.05) is 5.73 Å². The molecule has 0 atom stereocenters. The lowest BCUT2D eigenvalue weighted by Gasteiger charge is -2.08. The highest BCUT2D eigenvalue weighted by Crippen LogP contribution is 2.26. The van der Waals surface area contributed by atoms with Crippen LogP contribution in [0, 0.1) is 0 Å². The molecule has 5 nitrogen and oxygen atoms in total. The molecule has 0 fully saturated rings. The smallest absolute Gasteiger partial charge is 0.339 e. The third-order valence-corrected chi connectivity index (χ3v) is 2.10. The first-order valence-corrected chi connectivity index (χ1v) is 4.87. The highest BCUT2D eigenvalue weighted by Gasteiger charge is 2.12. The normalized spacial score (nSPS) is 9.88. The van der Waals surface area contributed by atoms with Gasteiger partial charge in [-0.1, -0.05) is 0 Å². The van der Waals surface area contributed by atoms with Crippen LogP contribution in [0.25, 0.3) is 0 Å². The number of aromatic nitrogens is 1. The van der Waals surface area contributed by atoms with Crippen LogP contribution in [0.3, 0.4) is 0 Å². The zero-order chi connectivity index (χ0) is 12.3. The number of ether oxygens (including phenoxy) is 1. The minimum atomic E-state index is -1.09. The average Bonchev–Trinajstić information content (AvgIpc) is 2.32. The summed E-state index contributed by atoms with van der Waals surface area (Å²) >= 11 is 0. The summed E-state index contributed by atoms with van der Waals surface area (Å²) in [5.41, 5.74) is 5.93. The number of carboxylic acid groups (broad SMARTS) is 1. The molecule has 0 saturated carbocycles. The zero-order valence-electron chi connectivity index (χ0n) is 8.83. The van der Waals surface area contributed by atoms with Crippen molar-refractivity contribution in [1.82, 2.24) is 4.98 Å². The average molecular weight is 230 g/mol. The summed E-state index contributed by atoms with van der Waals surface area (Å²) in [5.74, 6) is -0.379.